The molecule has 5 heteroatoms. The summed E-state index contributed by atoms with van der Waals surface area (Å²) in [7, 11) is -1.15. The van der Waals surface area contributed by atoms with Crippen molar-refractivity contribution in [2.24, 2.45) is 0 Å². The maximum atomic E-state index is 12.5. The van der Waals surface area contributed by atoms with Gasteiger partial charge in [0.2, 0.25) is 0 Å². The van der Waals surface area contributed by atoms with Gasteiger partial charge in [-0.3, -0.25) is 0 Å². The van der Waals surface area contributed by atoms with Gasteiger partial charge in [-0.15, -0.1) is 0 Å². The first kappa shape index (κ1) is 20.6. The number of nitrogens with zero attached hydrogens (tertiary/aromatic N) is 1. The number of aromatic nitrogens is 1. The molecule has 0 bridgehead atoms. The second-order valence-corrected chi connectivity index (χ2v) is 14.1. The number of hydrogen-bond donors (Lipinski definition) is 0. The summed E-state index contributed by atoms with van der Waals surface area (Å²) in [5, 5.41) is 0. The van der Waals surface area contributed by atoms with E-state index < -0.39 is 8.07 Å². The van der Waals surface area contributed by atoms with Crippen molar-refractivity contribution in [1.82, 2.24) is 4.57 Å². The van der Waals surface area contributed by atoms with Gasteiger partial charge < -0.3 is 14.0 Å². The number of rotatable bonds is 8. The summed E-state index contributed by atoms with van der Waals surface area (Å²) < 4.78 is 13.3. The van der Waals surface area contributed by atoms with E-state index in [1.807, 2.05) is 35.8 Å². The third kappa shape index (κ3) is 5.03. The molecule has 0 aliphatic heterocycles. The van der Waals surface area contributed by atoms with E-state index in [1.54, 1.807) is 0 Å². The number of aryl methyl sites for hydroxylation is 1. The molecule has 28 heavy (non-hydrogen) atoms. The number of carbonyl (C=O) groups excluding carboxylic acids is 1. The molecule has 0 saturated heterocycles. The quantitative estimate of drug-likeness (QED) is 0.337. The van der Waals surface area contributed by atoms with Crippen molar-refractivity contribution in [2.75, 3.05) is 13.2 Å². The summed E-state index contributed by atoms with van der Waals surface area (Å²) in [6.07, 6.45) is 4.15. The second kappa shape index (κ2) is 8.93. The van der Waals surface area contributed by atoms with Gasteiger partial charge in [-0.1, -0.05) is 50.0 Å². The van der Waals surface area contributed by atoms with Gasteiger partial charge >= 0.3 is 5.97 Å². The van der Waals surface area contributed by atoms with E-state index in [0.717, 1.165) is 31.2 Å². The van der Waals surface area contributed by atoms with Gasteiger partial charge in [0.05, 0.1) is 12.3 Å². The Kier molecular flexibility index (Phi) is 6.57. The third-order valence-corrected chi connectivity index (χ3v) is 6.69. The average Bonchev–Trinajstić information content (AvgIpc) is 3.19. The van der Waals surface area contributed by atoms with Crippen LogP contribution in [0.2, 0.25) is 25.7 Å². The van der Waals surface area contributed by atoms with Gasteiger partial charge in [0.15, 0.2) is 0 Å². The van der Waals surface area contributed by atoms with Crippen molar-refractivity contribution >= 4 is 25.7 Å². The summed E-state index contributed by atoms with van der Waals surface area (Å²) in [5.41, 5.74) is 5.36. The largest absolute Gasteiger partial charge is 0.461 e. The Labute approximate surface area is 169 Å². The number of ether oxygens (including phenoxy) is 2. The highest BCUT2D eigenvalue weighted by Gasteiger charge is 2.27. The van der Waals surface area contributed by atoms with Crippen molar-refractivity contribution < 1.29 is 14.3 Å². The first-order chi connectivity index (χ1) is 13.4. The molecule has 0 radical (unpaired) electrons. The van der Waals surface area contributed by atoms with Gasteiger partial charge in [-0.05, 0) is 54.7 Å². The van der Waals surface area contributed by atoms with Crippen LogP contribution in [0.15, 0.2) is 36.4 Å². The van der Waals surface area contributed by atoms with Crippen molar-refractivity contribution in [3.05, 3.63) is 58.9 Å². The fourth-order valence-electron chi connectivity index (χ4n) is 3.50. The van der Waals surface area contributed by atoms with Gasteiger partial charge in [0.25, 0.3) is 0 Å². The third-order valence-electron chi connectivity index (χ3n) is 4.99. The van der Waals surface area contributed by atoms with Crippen molar-refractivity contribution in [2.45, 2.75) is 52.2 Å². The topological polar surface area (TPSA) is 40.5 Å². The highest BCUT2D eigenvalue weighted by atomic mass is 28.3. The van der Waals surface area contributed by atoms with E-state index in [1.165, 1.54) is 16.7 Å². The van der Waals surface area contributed by atoms with Gasteiger partial charge in [0, 0.05) is 14.7 Å². The summed E-state index contributed by atoms with van der Waals surface area (Å²) in [6.45, 7) is 10.3. The molecule has 0 N–H and O–H groups in total. The number of hydrogen-bond acceptors (Lipinski definition) is 3. The van der Waals surface area contributed by atoms with E-state index in [9.17, 15) is 4.79 Å². The van der Waals surface area contributed by atoms with Crippen LogP contribution in [0.3, 0.4) is 0 Å². The first-order valence-electron chi connectivity index (χ1n) is 10.1. The van der Waals surface area contributed by atoms with E-state index in [2.05, 4.69) is 37.8 Å². The van der Waals surface area contributed by atoms with E-state index >= 15 is 0 Å². The fourth-order valence-corrected chi connectivity index (χ4v) is 4.25. The monoisotopic (exact) mass is 397 g/mol. The van der Waals surface area contributed by atoms with Gasteiger partial charge in [0.1, 0.15) is 12.4 Å². The van der Waals surface area contributed by atoms with Crippen LogP contribution in [-0.2, 0) is 22.6 Å². The van der Waals surface area contributed by atoms with Crippen LogP contribution in [-0.4, -0.2) is 31.8 Å². The Morgan fingerprint density at radius 3 is 2.61 bits per heavy atom. The molecule has 4 nitrogen and oxygen atoms in total. The second-order valence-electron chi connectivity index (χ2n) is 8.48. The minimum Gasteiger partial charge on any atom is -0.461 e. The molecule has 1 heterocycles. The molecular formula is C23H31NO3Si. The molecular weight excluding hydrogens is 366 g/mol. The number of esters is 1. The molecule has 1 aromatic carbocycles. The summed E-state index contributed by atoms with van der Waals surface area (Å²) >= 11 is 0. The lowest BCUT2D eigenvalue weighted by atomic mass is 10.1. The van der Waals surface area contributed by atoms with Crippen LogP contribution >= 0.6 is 0 Å². The Bertz CT molecular complexity index is 847. The molecule has 0 unspecified atom stereocenters. The highest BCUT2D eigenvalue weighted by Crippen LogP contribution is 2.36. The first-order valence-corrected chi connectivity index (χ1v) is 13.8. The Morgan fingerprint density at radius 1 is 1.18 bits per heavy atom. The van der Waals surface area contributed by atoms with Crippen LogP contribution in [0.25, 0.3) is 11.6 Å². The zero-order valence-corrected chi connectivity index (χ0v) is 18.5. The van der Waals surface area contributed by atoms with Crippen molar-refractivity contribution in [1.29, 1.82) is 0 Å². The zero-order chi connectivity index (χ0) is 20.1. The lowest BCUT2D eigenvalue weighted by Crippen LogP contribution is -2.22. The Morgan fingerprint density at radius 2 is 1.93 bits per heavy atom. The lowest BCUT2D eigenvalue weighted by Gasteiger charge is -2.17. The van der Waals surface area contributed by atoms with Gasteiger partial charge in [-0.25, -0.2) is 4.79 Å². The lowest BCUT2D eigenvalue weighted by molar-refractivity contribution is 0.0472. The van der Waals surface area contributed by atoms with Crippen LogP contribution in [0.5, 0.6) is 0 Å². The van der Waals surface area contributed by atoms with E-state index in [-0.39, 0.29) is 5.97 Å². The summed E-state index contributed by atoms with van der Waals surface area (Å²) in [6, 6.07) is 13.4. The van der Waals surface area contributed by atoms with Crippen LogP contribution in [0.1, 0.15) is 40.7 Å². The molecule has 0 saturated carbocycles. The molecule has 1 aliphatic rings. The zero-order valence-electron chi connectivity index (χ0n) is 17.5. The normalized spacial score (nSPS) is 15.1. The molecule has 0 amide bonds. The van der Waals surface area contributed by atoms with Gasteiger partial charge in [-0.2, -0.15) is 0 Å². The van der Waals surface area contributed by atoms with E-state index in [4.69, 9.17) is 9.47 Å². The molecule has 1 aliphatic carbocycles. The van der Waals surface area contributed by atoms with Crippen molar-refractivity contribution in [3.8, 4) is 0 Å². The number of allylic oxidation sites excluding steroid dienone is 1. The Hall–Kier alpha value is -2.11. The van der Waals surface area contributed by atoms with Crippen LogP contribution in [0.4, 0.5) is 0 Å². The molecule has 0 spiro atoms. The SMILES string of the molecule is CCOC(=O)c1cc2c(n1COCC[Si](C)(C)C)C(=Cc1ccccc1)CC2. The molecule has 0 fully saturated rings. The average molecular weight is 398 g/mol. The Balaban J connectivity index is 1.89. The molecule has 1 aromatic heterocycles. The predicted octanol–water partition coefficient (Wildman–Crippen LogP) is 5.46. The number of benzene rings is 1. The molecule has 2 aromatic rings. The number of fused-ring (bicyclic) bond motifs is 1. The predicted molar refractivity (Wildman–Crippen MR) is 117 cm³/mol. The standard InChI is InChI=1S/C23H31NO3Si/c1-5-27-23(25)21-16-20-12-11-19(15-18-9-7-6-8-10-18)22(20)24(21)17-26-13-14-28(2,3)4/h6-10,15-16H,5,11-14,17H2,1-4H3. The summed E-state index contributed by atoms with van der Waals surface area (Å²) in [5.74, 6) is -0.273. The minimum absolute atomic E-state index is 0.273. The summed E-state index contributed by atoms with van der Waals surface area (Å²) in [4.78, 5) is 12.5. The molecule has 3 rings (SSSR count). The van der Waals surface area contributed by atoms with Crippen molar-refractivity contribution in [3.63, 3.8) is 0 Å². The highest BCUT2D eigenvalue weighted by molar-refractivity contribution is 6.76. The molecule has 150 valence electrons. The minimum atomic E-state index is -1.15. The maximum Gasteiger partial charge on any atom is 0.355 e. The number of carbonyl (C=O) groups is 1. The van der Waals surface area contributed by atoms with Crippen LogP contribution < -0.4 is 0 Å². The van der Waals surface area contributed by atoms with E-state index in [0.29, 0.717) is 19.0 Å². The van der Waals surface area contributed by atoms with Crippen LogP contribution in [0, 0.1) is 0 Å². The fraction of sp³-hybridized carbons (Fsp3) is 0.435. The molecule has 0 atom stereocenters. The maximum absolute atomic E-state index is 12.5. The smallest absolute Gasteiger partial charge is 0.355 e.